The number of allylic oxidation sites excluding steroid dienone is 2. The Morgan fingerprint density at radius 1 is 1.33 bits per heavy atom. The smallest absolute Gasteiger partial charge is 0.329 e. The van der Waals surface area contributed by atoms with Gasteiger partial charge in [-0.3, -0.25) is 14.4 Å². The number of methoxy groups -OCH3 is 1. The van der Waals surface area contributed by atoms with E-state index in [0.29, 0.717) is 16.9 Å². The quantitative estimate of drug-likeness (QED) is 0.705. The molecule has 0 unspecified atom stereocenters. The maximum absolute atomic E-state index is 13.2. The van der Waals surface area contributed by atoms with Gasteiger partial charge in [-0.25, -0.2) is 0 Å². The Kier molecular flexibility index (Phi) is 5.65. The van der Waals surface area contributed by atoms with Crippen LogP contribution in [-0.2, 0) is 19.1 Å². The summed E-state index contributed by atoms with van der Waals surface area (Å²) in [5.74, 6) is -2.11. The lowest BCUT2D eigenvalue weighted by molar-refractivity contribution is -0.153. The van der Waals surface area contributed by atoms with Crippen LogP contribution in [0.25, 0.3) is 0 Å². The third-order valence-corrected chi connectivity index (χ3v) is 5.61. The molecule has 2 aliphatic rings. The van der Waals surface area contributed by atoms with Crippen LogP contribution in [0, 0.1) is 16.7 Å². The number of amides is 1. The van der Waals surface area contributed by atoms with Crippen LogP contribution < -0.4 is 10.5 Å². The van der Waals surface area contributed by atoms with E-state index in [9.17, 15) is 19.6 Å². The summed E-state index contributed by atoms with van der Waals surface area (Å²) < 4.78 is 10.6. The molecule has 8 nitrogen and oxygen atoms in total. The molecule has 3 rings (SSSR count). The van der Waals surface area contributed by atoms with E-state index in [0.717, 1.165) is 0 Å². The second-order valence-electron chi connectivity index (χ2n) is 7.19. The van der Waals surface area contributed by atoms with Crippen LogP contribution in [0.4, 0.5) is 0 Å². The van der Waals surface area contributed by atoms with E-state index >= 15 is 0 Å². The predicted octanol–water partition coefficient (Wildman–Crippen LogP) is 1.43. The molecular weight excluding hydrogens is 386 g/mol. The second kappa shape index (κ2) is 8.03. The number of nitriles is 1. The van der Waals surface area contributed by atoms with Crippen molar-refractivity contribution in [1.82, 2.24) is 4.90 Å². The molecule has 0 spiro atoms. The molecule has 30 heavy (non-hydrogen) atoms. The Morgan fingerprint density at radius 3 is 2.63 bits per heavy atom. The van der Waals surface area contributed by atoms with Gasteiger partial charge in [0.25, 0.3) is 0 Å². The summed E-state index contributed by atoms with van der Waals surface area (Å²) in [5.41, 5.74) is 4.89. The Bertz CT molecular complexity index is 993. The number of ketones is 1. The van der Waals surface area contributed by atoms with Crippen LogP contribution >= 0.6 is 0 Å². The van der Waals surface area contributed by atoms with E-state index in [2.05, 4.69) is 6.07 Å². The first-order valence-electron chi connectivity index (χ1n) is 9.51. The highest BCUT2D eigenvalue weighted by Crippen LogP contribution is 2.54. The van der Waals surface area contributed by atoms with Gasteiger partial charge in [0.05, 0.1) is 25.8 Å². The molecule has 2 aliphatic heterocycles. The number of nitrogens with two attached hydrogens (primary N) is 1. The number of Topliss-reactive ketones (excluding diaryl/α,β-unsaturated/α-hetero) is 1. The van der Waals surface area contributed by atoms with Gasteiger partial charge in [-0.15, -0.1) is 0 Å². The minimum atomic E-state index is -1.75. The molecule has 8 heteroatoms. The normalized spacial score (nSPS) is 26.9. The summed E-state index contributed by atoms with van der Waals surface area (Å²) in [6, 6.07) is 7.08. The highest BCUT2D eigenvalue weighted by atomic mass is 16.5. The summed E-state index contributed by atoms with van der Waals surface area (Å²) in [4.78, 5) is 39.3. The monoisotopic (exact) mass is 409 g/mol. The van der Waals surface area contributed by atoms with E-state index in [4.69, 9.17) is 15.2 Å². The minimum Gasteiger partial charge on any atom is -0.497 e. The molecule has 156 valence electrons. The minimum absolute atomic E-state index is 0.0688. The topological polar surface area (TPSA) is 123 Å². The molecule has 0 bridgehead atoms. The first kappa shape index (κ1) is 21.1. The van der Waals surface area contributed by atoms with Crippen LogP contribution in [0.1, 0.15) is 25.3 Å². The molecular formula is C22H23N3O5. The van der Waals surface area contributed by atoms with Crippen molar-refractivity contribution in [2.24, 2.45) is 11.1 Å². The number of benzene rings is 1. The zero-order valence-corrected chi connectivity index (χ0v) is 17.0. The Morgan fingerprint density at radius 2 is 2.07 bits per heavy atom. The van der Waals surface area contributed by atoms with Crippen LogP contribution in [0.5, 0.6) is 5.75 Å². The Labute approximate surface area is 174 Å². The van der Waals surface area contributed by atoms with E-state index in [-0.39, 0.29) is 12.4 Å². The van der Waals surface area contributed by atoms with Crippen molar-refractivity contribution in [3.8, 4) is 11.8 Å². The molecule has 4 atom stereocenters. The van der Waals surface area contributed by atoms with Crippen LogP contribution in [0.3, 0.4) is 0 Å². The second-order valence-corrected chi connectivity index (χ2v) is 7.19. The molecule has 0 aliphatic carbocycles. The maximum atomic E-state index is 13.2. The van der Waals surface area contributed by atoms with Gasteiger partial charge in [0, 0.05) is 17.7 Å². The molecule has 2 N–H and O–H groups in total. The van der Waals surface area contributed by atoms with Crippen molar-refractivity contribution in [3.63, 3.8) is 0 Å². The molecule has 1 aromatic rings. The molecule has 1 fully saturated rings. The summed E-state index contributed by atoms with van der Waals surface area (Å²) in [7, 11) is 1.50. The van der Waals surface area contributed by atoms with Crippen LogP contribution in [0.15, 0.2) is 48.2 Å². The molecule has 0 radical (unpaired) electrons. The standard InChI is InChI=1S/C22H23N3O5/c1-4-30-21(28)22(12-23)17-9-8-15(13(2)26)11-25(17)19(20(24)27)18(22)14-6-5-7-16(10-14)29-3/h5-11,17-19H,4H2,1-3H3,(H2,24,27)/t17-,18-,19+,22-/m0/s1. The first-order valence-corrected chi connectivity index (χ1v) is 9.51. The molecule has 0 saturated carbocycles. The number of esters is 1. The molecule has 1 amide bonds. The van der Waals surface area contributed by atoms with Gasteiger partial charge in [-0.05, 0) is 31.5 Å². The number of ether oxygens (including phenoxy) is 2. The number of hydrogen-bond acceptors (Lipinski definition) is 7. The third-order valence-electron chi connectivity index (χ3n) is 5.61. The Balaban J connectivity index is 2.30. The average molecular weight is 409 g/mol. The summed E-state index contributed by atoms with van der Waals surface area (Å²) in [6.45, 7) is 3.11. The fraction of sp³-hybridized carbons (Fsp3) is 0.364. The molecule has 0 aromatic heterocycles. The van der Waals surface area contributed by atoms with Crippen molar-refractivity contribution in [2.45, 2.75) is 31.8 Å². The maximum Gasteiger partial charge on any atom is 0.329 e. The van der Waals surface area contributed by atoms with Crippen molar-refractivity contribution in [1.29, 1.82) is 5.26 Å². The van der Waals surface area contributed by atoms with Gasteiger partial charge in [0.1, 0.15) is 11.8 Å². The number of hydrogen-bond donors (Lipinski definition) is 1. The third kappa shape index (κ3) is 3.12. The van der Waals surface area contributed by atoms with Gasteiger partial charge in [0.15, 0.2) is 11.2 Å². The SMILES string of the molecule is CCOC(=O)[C@@]1(C#N)[C@@H]2C=CC(C(C)=O)=CN2[C@@H](C(N)=O)[C@@H]1c1cccc(OC)c1. The lowest BCUT2D eigenvalue weighted by Gasteiger charge is -2.32. The summed E-state index contributed by atoms with van der Waals surface area (Å²) in [5, 5.41) is 10.3. The van der Waals surface area contributed by atoms with E-state index in [1.165, 1.54) is 25.1 Å². The fourth-order valence-electron chi connectivity index (χ4n) is 4.30. The number of rotatable bonds is 6. The van der Waals surface area contributed by atoms with Gasteiger partial charge in [-0.2, -0.15) is 5.26 Å². The largest absolute Gasteiger partial charge is 0.497 e. The van der Waals surface area contributed by atoms with Gasteiger partial charge < -0.3 is 20.1 Å². The number of carbonyl (C=O) groups is 3. The van der Waals surface area contributed by atoms with Crippen LogP contribution in [0.2, 0.25) is 0 Å². The lowest BCUT2D eigenvalue weighted by atomic mass is 9.68. The highest BCUT2D eigenvalue weighted by molar-refractivity contribution is 5.97. The number of nitrogens with zero attached hydrogens (tertiary/aromatic N) is 2. The van der Waals surface area contributed by atoms with E-state index < -0.39 is 35.3 Å². The lowest BCUT2D eigenvalue weighted by Crippen LogP contribution is -2.45. The van der Waals surface area contributed by atoms with E-state index in [1.54, 1.807) is 43.3 Å². The molecule has 2 heterocycles. The number of primary amides is 1. The first-order chi connectivity index (χ1) is 14.3. The highest BCUT2D eigenvalue weighted by Gasteiger charge is 2.66. The van der Waals surface area contributed by atoms with Crippen molar-refractivity contribution in [3.05, 3.63) is 53.8 Å². The van der Waals surface area contributed by atoms with Crippen molar-refractivity contribution in [2.75, 3.05) is 13.7 Å². The van der Waals surface area contributed by atoms with Crippen LogP contribution in [-0.4, -0.2) is 48.4 Å². The zero-order valence-electron chi connectivity index (χ0n) is 17.0. The summed E-state index contributed by atoms with van der Waals surface area (Å²) >= 11 is 0. The van der Waals surface area contributed by atoms with Gasteiger partial charge in [-0.1, -0.05) is 24.3 Å². The van der Waals surface area contributed by atoms with Crippen molar-refractivity contribution >= 4 is 17.7 Å². The Hall–Kier alpha value is -3.60. The van der Waals surface area contributed by atoms with Crippen molar-refractivity contribution < 1.29 is 23.9 Å². The fourth-order valence-corrected chi connectivity index (χ4v) is 4.30. The average Bonchev–Trinajstić information content (AvgIpc) is 3.04. The number of fused-ring (bicyclic) bond motifs is 1. The zero-order chi connectivity index (χ0) is 22.1. The molecule has 1 saturated heterocycles. The van der Waals surface area contributed by atoms with Gasteiger partial charge >= 0.3 is 5.97 Å². The predicted molar refractivity (Wildman–Crippen MR) is 107 cm³/mol. The molecule has 1 aromatic carbocycles. The number of carbonyl (C=O) groups excluding carboxylic acids is 3. The summed E-state index contributed by atoms with van der Waals surface area (Å²) in [6.07, 6.45) is 4.64. The van der Waals surface area contributed by atoms with E-state index in [1.807, 2.05) is 0 Å². The van der Waals surface area contributed by atoms with Gasteiger partial charge in [0.2, 0.25) is 5.91 Å².